The van der Waals surface area contributed by atoms with Crippen LogP contribution in [-0.4, -0.2) is 97.3 Å². The number of hydrogen-bond acceptors (Lipinski definition) is 15. The number of hydroxylamine groups is 2. The van der Waals surface area contributed by atoms with Crippen LogP contribution in [0.25, 0.3) is 11.1 Å². The molecular formula is C29H36N8O11S2. The van der Waals surface area contributed by atoms with Gasteiger partial charge in [-0.3, -0.25) is 9.59 Å². The zero-order valence-corrected chi connectivity index (χ0v) is 28.9. The highest BCUT2D eigenvalue weighted by atomic mass is 32.3. The maximum atomic E-state index is 13.5. The molecule has 270 valence electrons. The van der Waals surface area contributed by atoms with Crippen molar-refractivity contribution in [2.45, 2.75) is 69.5 Å². The third-order valence-corrected chi connectivity index (χ3v) is 9.50. The average Bonchev–Trinajstić information content (AvgIpc) is 3.65. The number of rotatable bonds is 13. The molecular weight excluding hydrogens is 700 g/mol. The number of carboxylic acid groups (broad SMARTS) is 1. The van der Waals surface area contributed by atoms with E-state index in [0.717, 1.165) is 28.0 Å². The summed E-state index contributed by atoms with van der Waals surface area (Å²) in [6.45, 7) is 4.36. The number of carbonyl (C=O) groups excluding carboxylic acids is 2. The van der Waals surface area contributed by atoms with Crippen LogP contribution in [0.5, 0.6) is 5.75 Å². The molecule has 0 saturated carbocycles. The lowest BCUT2D eigenvalue weighted by Crippen LogP contribution is -2.76. The van der Waals surface area contributed by atoms with Crippen molar-refractivity contribution < 1.29 is 56.1 Å². The first-order valence-corrected chi connectivity index (χ1v) is 17.3. The fourth-order valence-corrected chi connectivity index (χ4v) is 6.53. The third kappa shape index (κ3) is 7.27. The summed E-state index contributed by atoms with van der Waals surface area (Å²) < 4.78 is 47.2. The Hall–Kier alpha value is -4.67. The van der Waals surface area contributed by atoms with Gasteiger partial charge in [0.1, 0.15) is 24.0 Å². The first-order chi connectivity index (χ1) is 23.3. The Morgan fingerprint density at radius 3 is 2.68 bits per heavy atom. The van der Waals surface area contributed by atoms with E-state index in [9.17, 15) is 37.6 Å². The van der Waals surface area contributed by atoms with Gasteiger partial charge >= 0.3 is 5.97 Å². The molecule has 0 bridgehead atoms. The molecule has 0 aliphatic carbocycles. The van der Waals surface area contributed by atoms with E-state index in [2.05, 4.69) is 19.7 Å². The van der Waals surface area contributed by atoms with Gasteiger partial charge in [-0.1, -0.05) is 11.2 Å². The number of thiazole rings is 1. The lowest BCUT2D eigenvalue weighted by molar-refractivity contribution is -0.754. The number of nitrogen functional groups attached to an aromatic ring is 1. The molecule has 21 heteroatoms. The molecule has 19 nitrogen and oxygen atoms in total. The highest BCUT2D eigenvalue weighted by molar-refractivity contribution is 7.80. The van der Waals surface area contributed by atoms with Gasteiger partial charge in [0.25, 0.3) is 17.4 Å². The molecule has 4 heterocycles. The Labute approximate surface area is 289 Å². The van der Waals surface area contributed by atoms with Gasteiger partial charge in [0.2, 0.25) is 16.6 Å². The van der Waals surface area contributed by atoms with E-state index in [4.69, 9.17) is 21.0 Å². The number of β-lactam (4-membered cyclic amide) rings is 1. The predicted octanol–water partition coefficient (Wildman–Crippen LogP) is -1.21. The van der Waals surface area contributed by atoms with Crippen LogP contribution in [0.1, 0.15) is 38.4 Å². The van der Waals surface area contributed by atoms with Crippen molar-refractivity contribution in [1.29, 1.82) is 0 Å². The number of hydrogen-bond donors (Lipinski definition) is 5. The molecule has 3 unspecified atom stereocenters. The van der Waals surface area contributed by atoms with E-state index in [0.29, 0.717) is 23.8 Å². The smallest absolute Gasteiger partial charge is 0.354 e. The number of oxime groups is 1. The number of fused-ring (bicyclic) bond motifs is 1. The van der Waals surface area contributed by atoms with Gasteiger partial charge in [-0.05, 0) is 56.9 Å². The van der Waals surface area contributed by atoms with Crippen LogP contribution < -0.4 is 26.2 Å². The summed E-state index contributed by atoms with van der Waals surface area (Å²) in [6, 6.07) is 4.09. The predicted molar refractivity (Wildman–Crippen MR) is 173 cm³/mol. The summed E-state index contributed by atoms with van der Waals surface area (Å²) in [7, 11) is -3.44. The minimum Gasteiger partial charge on any atom is -0.724 e. The molecule has 4 atom stereocenters. The van der Waals surface area contributed by atoms with Crippen LogP contribution in [0, 0.1) is 0 Å². The summed E-state index contributed by atoms with van der Waals surface area (Å²) in [4.78, 5) is 48.3. The monoisotopic (exact) mass is 736 g/mol. The number of anilines is 1. The number of aliphatic hydroxyl groups is 1. The first kappa shape index (κ1) is 36.6. The molecule has 7 N–H and O–H groups in total. The Bertz CT molecular complexity index is 1960. The normalized spacial score (nSPS) is 20.6. The van der Waals surface area contributed by atoms with E-state index in [1.807, 2.05) is 40.9 Å². The van der Waals surface area contributed by atoms with E-state index in [-0.39, 0.29) is 23.8 Å². The number of ether oxygens (including phenoxy) is 1. The quantitative estimate of drug-likeness (QED) is 0.0344. The molecule has 1 aromatic carbocycles. The van der Waals surface area contributed by atoms with E-state index in [1.165, 1.54) is 26.2 Å². The molecule has 2 aromatic heterocycles. The number of amides is 2. The number of aliphatic hydroxyl groups excluding tert-OH is 1. The Morgan fingerprint density at radius 2 is 2.08 bits per heavy atom. The zero-order chi connectivity index (χ0) is 36.8. The topological polar surface area (TPSA) is 278 Å². The van der Waals surface area contributed by atoms with Crippen LogP contribution in [0.15, 0.2) is 41.1 Å². The maximum absolute atomic E-state index is 13.5. The van der Waals surface area contributed by atoms with Crippen molar-refractivity contribution in [1.82, 2.24) is 20.0 Å². The number of benzene rings is 1. The summed E-state index contributed by atoms with van der Waals surface area (Å²) in [5.41, 5.74) is 9.64. The molecule has 50 heavy (non-hydrogen) atoms. The fourth-order valence-electron chi connectivity index (χ4n) is 5.53. The van der Waals surface area contributed by atoms with Gasteiger partial charge in [0, 0.05) is 11.9 Å². The number of carbonyl (C=O) groups is 3. The molecule has 0 radical (unpaired) electrons. The first-order valence-electron chi connectivity index (χ1n) is 15.1. The van der Waals surface area contributed by atoms with Gasteiger partial charge in [-0.15, -0.1) is 16.0 Å². The Balaban J connectivity index is 1.36. The second kappa shape index (κ2) is 13.6. The van der Waals surface area contributed by atoms with Gasteiger partial charge in [-0.25, -0.2) is 18.2 Å². The van der Waals surface area contributed by atoms with Crippen molar-refractivity contribution in [2.75, 3.05) is 12.3 Å². The Kier molecular flexibility index (Phi) is 9.93. The number of aryl methyl sites for hydroxylation is 2. The van der Waals surface area contributed by atoms with Crippen LogP contribution in [0.2, 0.25) is 0 Å². The van der Waals surface area contributed by atoms with E-state index in [1.54, 1.807) is 6.07 Å². The second-order valence-electron chi connectivity index (χ2n) is 12.5. The summed E-state index contributed by atoms with van der Waals surface area (Å²) in [5, 5.41) is 28.3. The van der Waals surface area contributed by atoms with E-state index >= 15 is 0 Å². The lowest BCUT2D eigenvalue weighted by Gasteiger charge is -2.51. The molecule has 0 spiro atoms. The van der Waals surface area contributed by atoms with Crippen molar-refractivity contribution in [3.05, 3.63) is 47.2 Å². The van der Waals surface area contributed by atoms with Gasteiger partial charge in [-0.2, -0.15) is 14.0 Å². The van der Waals surface area contributed by atoms with Crippen LogP contribution in [0.3, 0.4) is 0 Å². The Morgan fingerprint density at radius 1 is 1.36 bits per heavy atom. The van der Waals surface area contributed by atoms with Gasteiger partial charge < -0.3 is 41.1 Å². The minimum atomic E-state index is -5.28. The molecule has 2 aliphatic heterocycles. The number of aromatic nitrogens is 3. The van der Waals surface area contributed by atoms with Crippen molar-refractivity contribution >= 4 is 50.4 Å². The third-order valence-electron chi connectivity index (χ3n) is 8.49. The molecule has 2 amide bonds. The number of nitrogens with one attached hydrogen (secondary N) is 1. The zero-order valence-electron chi connectivity index (χ0n) is 27.3. The van der Waals surface area contributed by atoms with Gasteiger partial charge in [0.15, 0.2) is 24.0 Å². The number of nitrogens with zero attached hydrogens (tertiary/aromatic N) is 5. The number of carboxylic acids is 1. The van der Waals surface area contributed by atoms with Crippen LogP contribution >= 0.6 is 11.3 Å². The summed E-state index contributed by atoms with van der Waals surface area (Å²) in [6.07, 6.45) is 2.61. The lowest BCUT2D eigenvalue weighted by atomic mass is 9.84. The average molecular weight is 737 g/mol. The van der Waals surface area contributed by atoms with Gasteiger partial charge in [0.05, 0.1) is 23.4 Å². The van der Waals surface area contributed by atoms with Crippen LogP contribution in [0.4, 0.5) is 5.13 Å². The van der Waals surface area contributed by atoms with Crippen molar-refractivity contribution in [3.63, 3.8) is 0 Å². The largest absolute Gasteiger partial charge is 0.724 e. The van der Waals surface area contributed by atoms with E-state index < -0.39 is 63.3 Å². The molecule has 5 rings (SSSR count). The second-order valence-corrected chi connectivity index (χ2v) is 14.3. The molecule has 3 aromatic rings. The molecule has 2 aliphatic rings. The highest BCUT2D eigenvalue weighted by Crippen LogP contribution is 2.37. The highest BCUT2D eigenvalue weighted by Gasteiger charge is 2.57. The number of aliphatic carboxylic acids is 1. The SMILES string of the molecule is C[n+]1cc(-c2ccc3c(c2)CCC(C(C)(O/N=C(\C(=O)NC2C(=O)N(OS(=O)(=O)[O-])C2(C)C)c2csc(N)n2)C(=O)O)O3)cn1C[C@H](O)CN. The standard InChI is InChI=1S/C29H36N8O11S2/c1-28(2)23(25(40)37(28)48-50(43,44)45)33-24(39)22(19-14-49-27(31)32-19)34-47-29(3,26(41)42)21-8-6-16-9-15(5-7-20(16)46-21)17-11-35(4)36(12-17)13-18(38)10-30/h5,7,9,11-12,14,18,21,23,38H,6,8,10,13,30H2,1-4H3,(H4-,31,32,33,39,41,42,43,44,45)/b34-22-/t18-,21?,23?,29?/m1/s1. The number of nitrogens with two attached hydrogens (primary N) is 2. The summed E-state index contributed by atoms with van der Waals surface area (Å²) >= 11 is 0.955. The molecule has 1 fully saturated rings. The minimum absolute atomic E-state index is 0.0480. The van der Waals surface area contributed by atoms with Crippen molar-refractivity contribution in [2.24, 2.45) is 17.9 Å². The van der Waals surface area contributed by atoms with Crippen LogP contribution in [-0.2, 0) is 53.9 Å². The van der Waals surface area contributed by atoms with Crippen molar-refractivity contribution in [3.8, 4) is 16.9 Å². The molecule has 1 saturated heterocycles. The fraction of sp³-hybridized carbons (Fsp3) is 0.448. The maximum Gasteiger partial charge on any atom is 0.354 e. The summed E-state index contributed by atoms with van der Waals surface area (Å²) in [5.74, 6) is -3.10.